The molecule has 2 aromatic carbocycles. The molecule has 0 fully saturated rings. The standard InChI is InChI=1S/C13H11BrFN3O/c14-10-2-1-3-11(15)12(10)18-13(19)7-4-8(16)6-9(17)5-7/h1-6H,16-17H2,(H,18,19). The number of hydrogen-bond donors (Lipinski definition) is 3. The molecule has 5 N–H and O–H groups in total. The van der Waals surface area contributed by atoms with E-state index in [-0.39, 0.29) is 11.3 Å². The second-order valence-electron chi connectivity index (χ2n) is 3.94. The fourth-order valence-electron chi connectivity index (χ4n) is 1.61. The van der Waals surface area contributed by atoms with Crippen LogP contribution in [0.3, 0.4) is 0 Å². The first-order valence-electron chi connectivity index (χ1n) is 5.39. The third-order valence-electron chi connectivity index (χ3n) is 2.44. The van der Waals surface area contributed by atoms with E-state index < -0.39 is 11.7 Å². The molecule has 0 atom stereocenters. The molecule has 0 aliphatic rings. The summed E-state index contributed by atoms with van der Waals surface area (Å²) in [5.74, 6) is -1.01. The van der Waals surface area contributed by atoms with Crippen molar-refractivity contribution in [3.05, 3.63) is 52.3 Å². The largest absolute Gasteiger partial charge is 0.399 e. The van der Waals surface area contributed by atoms with Crippen molar-refractivity contribution >= 4 is 38.9 Å². The Kier molecular flexibility index (Phi) is 3.71. The molecule has 0 unspecified atom stereocenters. The Hall–Kier alpha value is -2.08. The van der Waals surface area contributed by atoms with E-state index in [0.717, 1.165) is 0 Å². The zero-order chi connectivity index (χ0) is 14.0. The molecule has 0 saturated carbocycles. The molecule has 2 aromatic rings. The molecule has 0 aliphatic heterocycles. The van der Waals surface area contributed by atoms with Crippen LogP contribution in [-0.4, -0.2) is 5.91 Å². The topological polar surface area (TPSA) is 81.1 Å². The van der Waals surface area contributed by atoms with Gasteiger partial charge in [-0.05, 0) is 46.3 Å². The van der Waals surface area contributed by atoms with Crippen LogP contribution >= 0.6 is 15.9 Å². The molecule has 19 heavy (non-hydrogen) atoms. The van der Waals surface area contributed by atoms with Gasteiger partial charge in [0, 0.05) is 21.4 Å². The van der Waals surface area contributed by atoms with Gasteiger partial charge in [-0.15, -0.1) is 0 Å². The number of carbonyl (C=O) groups excluding carboxylic acids is 1. The quantitative estimate of drug-likeness (QED) is 0.743. The smallest absolute Gasteiger partial charge is 0.255 e. The number of hydrogen-bond acceptors (Lipinski definition) is 3. The van der Waals surface area contributed by atoms with E-state index in [9.17, 15) is 9.18 Å². The fourth-order valence-corrected chi connectivity index (χ4v) is 2.05. The molecule has 0 radical (unpaired) electrons. The lowest BCUT2D eigenvalue weighted by Gasteiger charge is -2.09. The average Bonchev–Trinajstić information content (AvgIpc) is 2.32. The zero-order valence-corrected chi connectivity index (χ0v) is 11.4. The van der Waals surface area contributed by atoms with Crippen LogP contribution in [0.15, 0.2) is 40.9 Å². The normalized spacial score (nSPS) is 10.2. The van der Waals surface area contributed by atoms with E-state index in [1.807, 2.05) is 0 Å². The predicted octanol–water partition coefficient (Wildman–Crippen LogP) is 3.00. The van der Waals surface area contributed by atoms with Gasteiger partial charge in [-0.2, -0.15) is 0 Å². The number of carbonyl (C=O) groups is 1. The zero-order valence-electron chi connectivity index (χ0n) is 9.78. The van der Waals surface area contributed by atoms with E-state index in [4.69, 9.17) is 11.5 Å². The minimum absolute atomic E-state index is 0.0773. The van der Waals surface area contributed by atoms with Crippen LogP contribution in [0.5, 0.6) is 0 Å². The Balaban J connectivity index is 2.31. The van der Waals surface area contributed by atoms with Crippen LogP contribution in [0, 0.1) is 5.82 Å². The molecule has 6 heteroatoms. The maximum atomic E-state index is 13.6. The minimum atomic E-state index is -0.528. The van der Waals surface area contributed by atoms with Gasteiger partial charge in [0.05, 0.1) is 5.69 Å². The van der Waals surface area contributed by atoms with Crippen molar-refractivity contribution in [3.8, 4) is 0 Å². The Morgan fingerprint density at radius 1 is 1.16 bits per heavy atom. The van der Waals surface area contributed by atoms with Crippen molar-refractivity contribution in [3.63, 3.8) is 0 Å². The van der Waals surface area contributed by atoms with Gasteiger partial charge in [-0.3, -0.25) is 4.79 Å². The van der Waals surface area contributed by atoms with Gasteiger partial charge in [0.15, 0.2) is 0 Å². The van der Waals surface area contributed by atoms with Gasteiger partial charge in [-0.1, -0.05) is 6.07 Å². The minimum Gasteiger partial charge on any atom is -0.399 e. The van der Waals surface area contributed by atoms with Gasteiger partial charge in [-0.25, -0.2) is 4.39 Å². The van der Waals surface area contributed by atoms with E-state index in [1.165, 1.54) is 30.3 Å². The molecule has 2 rings (SSSR count). The molecule has 0 heterocycles. The Morgan fingerprint density at radius 2 is 1.79 bits per heavy atom. The Bertz CT molecular complexity index is 605. The highest BCUT2D eigenvalue weighted by atomic mass is 79.9. The van der Waals surface area contributed by atoms with Crippen LogP contribution in [0.25, 0.3) is 0 Å². The van der Waals surface area contributed by atoms with Crippen LogP contribution in [0.4, 0.5) is 21.5 Å². The van der Waals surface area contributed by atoms with Crippen LogP contribution in [0.1, 0.15) is 10.4 Å². The molecule has 0 spiro atoms. The van der Waals surface area contributed by atoms with Crippen LogP contribution in [0.2, 0.25) is 0 Å². The number of benzene rings is 2. The second kappa shape index (κ2) is 5.27. The summed E-state index contributed by atoms with van der Waals surface area (Å²) in [7, 11) is 0. The second-order valence-corrected chi connectivity index (χ2v) is 4.79. The summed E-state index contributed by atoms with van der Waals surface area (Å²) in [6.45, 7) is 0. The Morgan fingerprint density at radius 3 is 2.37 bits per heavy atom. The van der Waals surface area contributed by atoms with Crippen LogP contribution < -0.4 is 16.8 Å². The maximum Gasteiger partial charge on any atom is 0.255 e. The third kappa shape index (κ3) is 3.03. The number of para-hydroxylation sites is 1. The summed E-state index contributed by atoms with van der Waals surface area (Å²) in [6, 6.07) is 8.91. The lowest BCUT2D eigenvalue weighted by molar-refractivity contribution is 0.102. The number of rotatable bonds is 2. The lowest BCUT2D eigenvalue weighted by Crippen LogP contribution is -2.14. The highest BCUT2D eigenvalue weighted by molar-refractivity contribution is 9.10. The molecule has 4 nitrogen and oxygen atoms in total. The highest BCUT2D eigenvalue weighted by Gasteiger charge is 2.12. The number of nitrogens with one attached hydrogen (secondary N) is 1. The van der Waals surface area contributed by atoms with Crippen molar-refractivity contribution in [1.82, 2.24) is 0 Å². The number of amides is 1. The summed E-state index contributed by atoms with van der Waals surface area (Å²) in [4.78, 5) is 12.0. The fraction of sp³-hybridized carbons (Fsp3) is 0. The number of nitrogen functional groups attached to an aromatic ring is 2. The summed E-state index contributed by atoms with van der Waals surface area (Å²) in [6.07, 6.45) is 0. The first-order chi connectivity index (χ1) is 8.97. The number of nitrogens with two attached hydrogens (primary N) is 2. The van der Waals surface area contributed by atoms with E-state index in [1.54, 1.807) is 6.07 Å². The van der Waals surface area contributed by atoms with Gasteiger partial charge >= 0.3 is 0 Å². The predicted molar refractivity (Wildman–Crippen MR) is 77.3 cm³/mol. The van der Waals surface area contributed by atoms with Crippen molar-refractivity contribution in [2.24, 2.45) is 0 Å². The first-order valence-corrected chi connectivity index (χ1v) is 6.18. The molecule has 0 bridgehead atoms. The van der Waals surface area contributed by atoms with E-state index in [0.29, 0.717) is 15.8 Å². The van der Waals surface area contributed by atoms with Crippen molar-refractivity contribution in [2.45, 2.75) is 0 Å². The first kappa shape index (κ1) is 13.4. The Labute approximate surface area is 117 Å². The van der Waals surface area contributed by atoms with E-state index >= 15 is 0 Å². The molecule has 0 saturated heterocycles. The molecule has 98 valence electrons. The van der Waals surface area contributed by atoms with Gasteiger partial charge < -0.3 is 16.8 Å². The summed E-state index contributed by atoms with van der Waals surface area (Å²) in [5, 5.41) is 2.48. The van der Waals surface area contributed by atoms with Gasteiger partial charge in [0.2, 0.25) is 0 Å². The van der Waals surface area contributed by atoms with Crippen molar-refractivity contribution in [1.29, 1.82) is 0 Å². The molecule has 0 aromatic heterocycles. The third-order valence-corrected chi connectivity index (χ3v) is 3.10. The van der Waals surface area contributed by atoms with Crippen molar-refractivity contribution < 1.29 is 9.18 Å². The molecule has 0 aliphatic carbocycles. The molecular formula is C13H11BrFN3O. The summed E-state index contributed by atoms with van der Waals surface area (Å²) >= 11 is 3.17. The lowest BCUT2D eigenvalue weighted by atomic mass is 10.1. The van der Waals surface area contributed by atoms with Crippen LogP contribution in [-0.2, 0) is 0 Å². The summed E-state index contributed by atoms with van der Waals surface area (Å²) < 4.78 is 14.0. The number of halogens is 2. The maximum absolute atomic E-state index is 13.6. The van der Waals surface area contributed by atoms with Gasteiger partial charge in [0.25, 0.3) is 5.91 Å². The van der Waals surface area contributed by atoms with Crippen molar-refractivity contribution in [2.75, 3.05) is 16.8 Å². The average molecular weight is 324 g/mol. The van der Waals surface area contributed by atoms with E-state index in [2.05, 4.69) is 21.2 Å². The molecular weight excluding hydrogens is 313 g/mol. The van der Waals surface area contributed by atoms with Gasteiger partial charge in [0.1, 0.15) is 5.82 Å². The summed E-state index contributed by atoms with van der Waals surface area (Å²) in [5.41, 5.74) is 12.3. The SMILES string of the molecule is Nc1cc(N)cc(C(=O)Nc2c(F)cccc2Br)c1. The highest BCUT2D eigenvalue weighted by Crippen LogP contribution is 2.26. The number of anilines is 3. The molecule has 1 amide bonds. The monoisotopic (exact) mass is 323 g/mol.